The van der Waals surface area contributed by atoms with E-state index in [1.165, 1.54) is 0 Å². The molecule has 7 heteroatoms. The van der Waals surface area contributed by atoms with Crippen LogP contribution in [0.4, 0.5) is 5.82 Å². The fourth-order valence-electron chi connectivity index (χ4n) is 3.45. The van der Waals surface area contributed by atoms with E-state index in [1.54, 1.807) is 18.7 Å². The third-order valence-corrected chi connectivity index (χ3v) is 4.87. The van der Waals surface area contributed by atoms with Gasteiger partial charge in [0.15, 0.2) is 0 Å². The van der Waals surface area contributed by atoms with E-state index >= 15 is 0 Å². The van der Waals surface area contributed by atoms with Gasteiger partial charge in [0.05, 0.1) is 17.1 Å². The van der Waals surface area contributed by atoms with Crippen molar-refractivity contribution in [3.8, 4) is 6.07 Å². The van der Waals surface area contributed by atoms with Crippen molar-refractivity contribution in [1.82, 2.24) is 19.7 Å². The fourth-order valence-corrected chi connectivity index (χ4v) is 3.62. The Morgan fingerprint density at radius 3 is 3.04 bits per heavy atom. The second-order valence-electron chi connectivity index (χ2n) is 6.37. The molecule has 0 spiro atoms. The molecule has 0 radical (unpaired) electrons. The lowest BCUT2D eigenvalue weighted by Gasteiger charge is -2.33. The molecule has 1 aliphatic heterocycles. The quantitative estimate of drug-likeness (QED) is 0.723. The molecule has 126 valence electrons. The Labute approximate surface area is 150 Å². The molecule has 1 unspecified atom stereocenters. The highest BCUT2D eigenvalue weighted by atomic mass is 35.5. The van der Waals surface area contributed by atoms with Crippen molar-refractivity contribution in [2.75, 3.05) is 18.0 Å². The summed E-state index contributed by atoms with van der Waals surface area (Å²) in [7, 11) is 0. The van der Waals surface area contributed by atoms with Crippen molar-refractivity contribution in [3.63, 3.8) is 0 Å². The van der Waals surface area contributed by atoms with E-state index in [9.17, 15) is 5.26 Å². The largest absolute Gasteiger partial charge is 0.356 e. The third kappa shape index (κ3) is 3.28. The van der Waals surface area contributed by atoms with Gasteiger partial charge in [-0.2, -0.15) is 10.4 Å². The summed E-state index contributed by atoms with van der Waals surface area (Å²) in [6.45, 7) is 2.70. The van der Waals surface area contributed by atoms with Gasteiger partial charge in [-0.05, 0) is 43.0 Å². The van der Waals surface area contributed by atoms with Gasteiger partial charge in [-0.15, -0.1) is 0 Å². The second kappa shape index (κ2) is 6.69. The second-order valence-corrected chi connectivity index (χ2v) is 6.81. The van der Waals surface area contributed by atoms with Crippen LogP contribution in [0, 0.1) is 17.2 Å². The first-order valence-electron chi connectivity index (χ1n) is 8.31. The van der Waals surface area contributed by atoms with Crippen LogP contribution in [0.3, 0.4) is 0 Å². The highest BCUT2D eigenvalue weighted by molar-refractivity contribution is 6.31. The van der Waals surface area contributed by atoms with Crippen LogP contribution in [0.15, 0.2) is 36.9 Å². The smallest absolute Gasteiger partial charge is 0.137 e. The molecule has 0 saturated carbocycles. The van der Waals surface area contributed by atoms with Gasteiger partial charge in [0, 0.05) is 30.0 Å². The molecule has 0 bridgehead atoms. The van der Waals surface area contributed by atoms with Gasteiger partial charge < -0.3 is 4.90 Å². The molecule has 1 atom stereocenters. The van der Waals surface area contributed by atoms with E-state index in [0.717, 1.165) is 49.2 Å². The Hall–Kier alpha value is -2.65. The van der Waals surface area contributed by atoms with Gasteiger partial charge >= 0.3 is 0 Å². The first-order chi connectivity index (χ1) is 12.2. The van der Waals surface area contributed by atoms with Crippen molar-refractivity contribution < 1.29 is 0 Å². The van der Waals surface area contributed by atoms with Crippen LogP contribution in [0.1, 0.15) is 18.4 Å². The van der Waals surface area contributed by atoms with Crippen LogP contribution in [-0.4, -0.2) is 32.8 Å². The minimum atomic E-state index is 0.490. The Kier molecular flexibility index (Phi) is 4.24. The minimum absolute atomic E-state index is 0.490. The summed E-state index contributed by atoms with van der Waals surface area (Å²) >= 11 is 6.06. The first kappa shape index (κ1) is 15.9. The van der Waals surface area contributed by atoms with Gasteiger partial charge in [0.25, 0.3) is 0 Å². The maximum absolute atomic E-state index is 9.51. The first-order valence-corrected chi connectivity index (χ1v) is 8.68. The molecule has 1 fully saturated rings. The number of pyridine rings is 1. The Morgan fingerprint density at radius 2 is 2.24 bits per heavy atom. The Balaban J connectivity index is 1.62. The van der Waals surface area contributed by atoms with Gasteiger partial charge in [0.2, 0.25) is 0 Å². The van der Waals surface area contributed by atoms with Crippen molar-refractivity contribution in [2.24, 2.45) is 5.92 Å². The van der Waals surface area contributed by atoms with E-state index < -0.39 is 0 Å². The normalized spacial score (nSPS) is 17.6. The molecule has 0 amide bonds. The average molecular weight is 353 g/mol. The lowest BCUT2D eigenvalue weighted by Crippen LogP contribution is -2.37. The number of nitriles is 1. The topological polar surface area (TPSA) is 70.6 Å². The SMILES string of the molecule is N#Cc1cc(N2CCCC(Cn3cncn3)C2)nc2ccc(Cl)cc12. The summed E-state index contributed by atoms with van der Waals surface area (Å²) in [4.78, 5) is 11.0. The molecule has 6 nitrogen and oxygen atoms in total. The minimum Gasteiger partial charge on any atom is -0.356 e. The fraction of sp³-hybridized carbons (Fsp3) is 0.333. The predicted molar refractivity (Wildman–Crippen MR) is 96.4 cm³/mol. The number of piperidine rings is 1. The summed E-state index contributed by atoms with van der Waals surface area (Å²) in [6, 6.07) is 9.63. The van der Waals surface area contributed by atoms with Crippen LogP contribution in [-0.2, 0) is 6.54 Å². The molecule has 1 aromatic carbocycles. The number of anilines is 1. The Bertz CT molecular complexity index is 931. The van der Waals surface area contributed by atoms with Gasteiger partial charge in [-0.3, -0.25) is 4.68 Å². The number of halogens is 1. The zero-order valence-corrected chi connectivity index (χ0v) is 14.4. The third-order valence-electron chi connectivity index (χ3n) is 4.63. The number of fused-ring (bicyclic) bond motifs is 1. The lowest BCUT2D eigenvalue weighted by molar-refractivity contribution is 0.350. The molecule has 0 N–H and O–H groups in total. The van der Waals surface area contributed by atoms with E-state index in [0.29, 0.717) is 16.5 Å². The van der Waals surface area contributed by atoms with Crippen LogP contribution in [0.5, 0.6) is 0 Å². The molecule has 0 aliphatic carbocycles. The number of hydrogen-bond acceptors (Lipinski definition) is 5. The monoisotopic (exact) mass is 352 g/mol. The summed E-state index contributed by atoms with van der Waals surface area (Å²) in [6.07, 6.45) is 5.58. The summed E-state index contributed by atoms with van der Waals surface area (Å²) in [5.41, 5.74) is 1.41. The van der Waals surface area contributed by atoms with Crippen molar-refractivity contribution in [2.45, 2.75) is 19.4 Å². The average Bonchev–Trinajstić information content (AvgIpc) is 3.14. The van der Waals surface area contributed by atoms with Crippen molar-refractivity contribution in [1.29, 1.82) is 5.26 Å². The predicted octanol–water partition coefficient (Wildman–Crippen LogP) is 3.27. The van der Waals surface area contributed by atoms with Crippen LogP contribution in [0.25, 0.3) is 10.9 Å². The molecule has 2 aromatic heterocycles. The van der Waals surface area contributed by atoms with E-state index in [2.05, 4.69) is 21.1 Å². The number of nitrogens with zero attached hydrogens (tertiary/aromatic N) is 6. The van der Waals surface area contributed by atoms with Crippen molar-refractivity contribution in [3.05, 3.63) is 47.5 Å². The maximum atomic E-state index is 9.51. The summed E-state index contributed by atoms with van der Waals surface area (Å²) in [5, 5.41) is 15.1. The van der Waals surface area contributed by atoms with Crippen LogP contribution < -0.4 is 4.90 Å². The Morgan fingerprint density at radius 1 is 1.32 bits per heavy atom. The van der Waals surface area contributed by atoms with Crippen LogP contribution >= 0.6 is 11.6 Å². The molecular weight excluding hydrogens is 336 g/mol. The number of benzene rings is 1. The summed E-state index contributed by atoms with van der Waals surface area (Å²) < 4.78 is 1.88. The number of aromatic nitrogens is 4. The van der Waals surface area contributed by atoms with Gasteiger partial charge in [-0.1, -0.05) is 11.6 Å². The molecule has 3 aromatic rings. The summed E-state index contributed by atoms with van der Waals surface area (Å²) in [5.74, 6) is 1.35. The van der Waals surface area contributed by atoms with Gasteiger partial charge in [0.1, 0.15) is 18.5 Å². The molecular formula is C18H17ClN6. The van der Waals surface area contributed by atoms with Gasteiger partial charge in [-0.25, -0.2) is 9.97 Å². The lowest BCUT2D eigenvalue weighted by atomic mass is 9.98. The number of rotatable bonds is 3. The van der Waals surface area contributed by atoms with Crippen molar-refractivity contribution >= 4 is 28.3 Å². The molecule has 1 saturated heterocycles. The molecule has 1 aliphatic rings. The molecule has 3 heterocycles. The zero-order valence-electron chi connectivity index (χ0n) is 13.6. The van der Waals surface area contributed by atoms with E-state index in [1.807, 2.05) is 22.9 Å². The maximum Gasteiger partial charge on any atom is 0.137 e. The van der Waals surface area contributed by atoms with E-state index in [-0.39, 0.29) is 0 Å². The molecule has 25 heavy (non-hydrogen) atoms. The molecule has 4 rings (SSSR count). The number of hydrogen-bond donors (Lipinski definition) is 0. The van der Waals surface area contributed by atoms with Crippen LogP contribution in [0.2, 0.25) is 5.02 Å². The zero-order chi connectivity index (χ0) is 17.2. The van der Waals surface area contributed by atoms with E-state index in [4.69, 9.17) is 16.6 Å². The highest BCUT2D eigenvalue weighted by Gasteiger charge is 2.22. The standard InChI is InChI=1S/C18H17ClN6/c19-15-3-4-17-16(7-15)14(8-20)6-18(23-17)24-5-1-2-13(9-24)10-25-12-21-11-22-25/h3-4,6-7,11-13H,1-2,5,9-10H2. The highest BCUT2D eigenvalue weighted by Crippen LogP contribution is 2.28.